The van der Waals surface area contributed by atoms with Crippen LogP contribution >= 0.6 is 0 Å². The molecule has 1 aromatic rings. The highest BCUT2D eigenvalue weighted by Crippen LogP contribution is 2.38. The van der Waals surface area contributed by atoms with E-state index in [-0.39, 0.29) is 23.8 Å². The van der Waals surface area contributed by atoms with E-state index in [2.05, 4.69) is 10.6 Å². The summed E-state index contributed by atoms with van der Waals surface area (Å²) < 4.78 is 0. The number of benzene rings is 1. The number of carbonyl (C=O) groups is 3. The third-order valence-corrected chi connectivity index (χ3v) is 4.99. The Kier molecular flexibility index (Phi) is 4.55. The number of anilines is 1. The fraction of sp³-hybridized carbons (Fsp3) is 0.500. The summed E-state index contributed by atoms with van der Waals surface area (Å²) in [7, 11) is 0. The first kappa shape index (κ1) is 16.5. The van der Waals surface area contributed by atoms with Crippen molar-refractivity contribution in [1.82, 2.24) is 5.32 Å². The number of carboxylic acids is 1. The minimum Gasteiger partial charge on any atom is -0.481 e. The third-order valence-electron chi connectivity index (χ3n) is 4.99. The molecule has 1 aromatic carbocycles. The smallest absolute Gasteiger partial charge is 0.308 e. The molecule has 6 nitrogen and oxygen atoms in total. The number of hydrogen-bond acceptors (Lipinski definition) is 3. The van der Waals surface area contributed by atoms with Gasteiger partial charge in [0.1, 0.15) is 0 Å². The highest BCUT2D eigenvalue weighted by molar-refractivity contribution is 5.98. The van der Waals surface area contributed by atoms with Crippen LogP contribution in [0.2, 0.25) is 0 Å². The molecule has 2 aliphatic carbocycles. The first-order chi connectivity index (χ1) is 11.5. The van der Waals surface area contributed by atoms with E-state index in [4.69, 9.17) is 0 Å². The van der Waals surface area contributed by atoms with Crippen LogP contribution in [0.4, 0.5) is 5.69 Å². The van der Waals surface area contributed by atoms with Gasteiger partial charge < -0.3 is 15.7 Å². The van der Waals surface area contributed by atoms with Crippen LogP contribution in [0.5, 0.6) is 0 Å². The number of nitrogens with one attached hydrogen (secondary N) is 2. The number of hydrogen-bond donors (Lipinski definition) is 3. The summed E-state index contributed by atoms with van der Waals surface area (Å²) in [6, 6.07) is 6.42. The summed E-state index contributed by atoms with van der Waals surface area (Å²) in [4.78, 5) is 35.6. The van der Waals surface area contributed by atoms with E-state index in [0.717, 1.165) is 12.8 Å². The zero-order valence-corrected chi connectivity index (χ0v) is 13.6. The predicted molar refractivity (Wildman–Crippen MR) is 88.6 cm³/mol. The summed E-state index contributed by atoms with van der Waals surface area (Å²) in [5.74, 6) is -1.21. The molecule has 0 aromatic heterocycles. The first-order valence-electron chi connectivity index (χ1n) is 8.40. The van der Waals surface area contributed by atoms with Gasteiger partial charge >= 0.3 is 5.97 Å². The molecule has 4 atom stereocenters. The largest absolute Gasteiger partial charge is 0.481 e. The molecule has 128 valence electrons. The molecule has 0 heterocycles. The van der Waals surface area contributed by atoms with Gasteiger partial charge in [0.05, 0.1) is 5.92 Å². The average molecular weight is 330 g/mol. The maximum Gasteiger partial charge on any atom is 0.308 e. The van der Waals surface area contributed by atoms with Gasteiger partial charge in [0.2, 0.25) is 5.91 Å². The molecule has 0 spiro atoms. The molecule has 3 rings (SSSR count). The number of amides is 2. The van der Waals surface area contributed by atoms with Gasteiger partial charge in [0.15, 0.2) is 0 Å². The Labute approximate surface area is 140 Å². The molecule has 2 saturated carbocycles. The normalized spacial score (nSPS) is 28.2. The van der Waals surface area contributed by atoms with Crippen molar-refractivity contribution < 1.29 is 19.5 Å². The molecule has 2 unspecified atom stereocenters. The van der Waals surface area contributed by atoms with Gasteiger partial charge in [-0.2, -0.15) is 0 Å². The summed E-state index contributed by atoms with van der Waals surface area (Å²) in [6.45, 7) is 2.04. The third kappa shape index (κ3) is 3.58. The van der Waals surface area contributed by atoms with Crippen molar-refractivity contribution in [1.29, 1.82) is 0 Å². The fourth-order valence-electron chi connectivity index (χ4n) is 3.34. The lowest BCUT2D eigenvalue weighted by molar-refractivity contribution is -0.142. The highest BCUT2D eigenvalue weighted by atomic mass is 16.4. The zero-order chi connectivity index (χ0) is 17.3. The average Bonchev–Trinajstić information content (AvgIpc) is 3.09. The second-order valence-corrected chi connectivity index (χ2v) is 6.85. The second kappa shape index (κ2) is 6.63. The molecule has 0 bridgehead atoms. The van der Waals surface area contributed by atoms with Crippen molar-refractivity contribution in [3.05, 3.63) is 29.8 Å². The lowest BCUT2D eigenvalue weighted by Gasteiger charge is -2.17. The van der Waals surface area contributed by atoms with Crippen molar-refractivity contribution >= 4 is 23.5 Å². The van der Waals surface area contributed by atoms with E-state index in [1.807, 2.05) is 6.92 Å². The lowest BCUT2D eigenvalue weighted by atomic mass is 10.0. The van der Waals surface area contributed by atoms with Gasteiger partial charge in [0.25, 0.3) is 5.91 Å². The summed E-state index contributed by atoms with van der Waals surface area (Å²) in [6.07, 6.45) is 2.98. The van der Waals surface area contributed by atoms with E-state index in [9.17, 15) is 19.5 Å². The maximum absolute atomic E-state index is 12.4. The first-order valence-corrected chi connectivity index (χ1v) is 8.40. The van der Waals surface area contributed by atoms with Crippen LogP contribution in [-0.2, 0) is 9.59 Å². The Morgan fingerprint density at radius 3 is 2.58 bits per heavy atom. The molecule has 2 fully saturated rings. The van der Waals surface area contributed by atoms with E-state index in [1.54, 1.807) is 24.3 Å². The quantitative estimate of drug-likeness (QED) is 0.771. The van der Waals surface area contributed by atoms with Gasteiger partial charge in [-0.1, -0.05) is 19.4 Å². The molecular formula is C18H22N2O4. The Morgan fingerprint density at radius 2 is 1.92 bits per heavy atom. The van der Waals surface area contributed by atoms with Gasteiger partial charge in [-0.3, -0.25) is 14.4 Å². The Bertz CT molecular complexity index is 673. The van der Waals surface area contributed by atoms with Crippen molar-refractivity contribution in [2.45, 2.75) is 38.6 Å². The van der Waals surface area contributed by atoms with Gasteiger partial charge in [0, 0.05) is 23.2 Å². The molecule has 0 saturated heterocycles. The van der Waals surface area contributed by atoms with Crippen molar-refractivity contribution in [2.75, 3.05) is 5.32 Å². The van der Waals surface area contributed by atoms with Crippen LogP contribution in [-0.4, -0.2) is 28.9 Å². The van der Waals surface area contributed by atoms with E-state index < -0.39 is 11.9 Å². The lowest BCUT2D eigenvalue weighted by Crippen LogP contribution is -2.40. The Morgan fingerprint density at radius 1 is 1.17 bits per heavy atom. The van der Waals surface area contributed by atoms with Crippen LogP contribution in [0.15, 0.2) is 24.3 Å². The van der Waals surface area contributed by atoms with Crippen LogP contribution in [0.3, 0.4) is 0 Å². The second-order valence-electron chi connectivity index (χ2n) is 6.85. The van der Waals surface area contributed by atoms with E-state index in [0.29, 0.717) is 30.0 Å². The Hall–Kier alpha value is -2.37. The summed E-state index contributed by atoms with van der Waals surface area (Å²) >= 11 is 0. The zero-order valence-electron chi connectivity index (χ0n) is 13.6. The summed E-state index contributed by atoms with van der Waals surface area (Å²) in [5, 5.41) is 14.8. The molecule has 6 heteroatoms. The maximum atomic E-state index is 12.4. The van der Waals surface area contributed by atoms with Crippen LogP contribution in [0, 0.1) is 17.8 Å². The van der Waals surface area contributed by atoms with Crippen LogP contribution in [0.25, 0.3) is 0 Å². The molecule has 0 aliphatic heterocycles. The molecule has 2 amide bonds. The highest BCUT2D eigenvalue weighted by Gasteiger charge is 2.39. The minimum atomic E-state index is -0.864. The minimum absolute atomic E-state index is 0.0122. The van der Waals surface area contributed by atoms with E-state index in [1.165, 1.54) is 0 Å². The molecular weight excluding hydrogens is 308 g/mol. The standard InChI is InChI=1S/C18H22N2O4/c1-10-8-14(10)17(22)19-12-5-2-4-11(9-12)16(21)20-15-7-3-6-13(15)18(23)24/h2,4-5,9-10,13-15H,3,6-8H2,1H3,(H,19,22)(H,20,21)(H,23,24)/t10?,13-,14?,15+/m0/s1. The topological polar surface area (TPSA) is 95.5 Å². The van der Waals surface area contributed by atoms with Gasteiger partial charge in [-0.05, 0) is 43.4 Å². The summed E-state index contributed by atoms with van der Waals surface area (Å²) in [5.41, 5.74) is 1.01. The van der Waals surface area contributed by atoms with Gasteiger partial charge in [-0.15, -0.1) is 0 Å². The SMILES string of the molecule is CC1CC1C(=O)Nc1cccc(C(=O)N[C@@H]2CCC[C@@H]2C(=O)O)c1. The van der Waals surface area contributed by atoms with E-state index >= 15 is 0 Å². The Balaban J connectivity index is 1.63. The molecule has 24 heavy (non-hydrogen) atoms. The monoisotopic (exact) mass is 330 g/mol. The van der Waals surface area contributed by atoms with Gasteiger partial charge in [-0.25, -0.2) is 0 Å². The number of carbonyl (C=O) groups excluding carboxylic acids is 2. The fourth-order valence-corrected chi connectivity index (χ4v) is 3.34. The van der Waals surface area contributed by atoms with Crippen molar-refractivity contribution in [2.24, 2.45) is 17.8 Å². The molecule has 3 N–H and O–H groups in total. The van der Waals surface area contributed by atoms with Crippen LogP contribution < -0.4 is 10.6 Å². The van der Waals surface area contributed by atoms with Crippen molar-refractivity contribution in [3.8, 4) is 0 Å². The predicted octanol–water partition coefficient (Wildman–Crippen LogP) is 2.26. The molecule has 0 radical (unpaired) electrons. The van der Waals surface area contributed by atoms with Crippen molar-refractivity contribution in [3.63, 3.8) is 0 Å². The molecule has 2 aliphatic rings. The number of carboxylic acid groups (broad SMARTS) is 1. The number of aliphatic carboxylic acids is 1. The van der Waals surface area contributed by atoms with Crippen LogP contribution in [0.1, 0.15) is 43.0 Å². The number of rotatable bonds is 5.